The van der Waals surface area contributed by atoms with E-state index in [9.17, 15) is 18.0 Å². The number of ether oxygens (including phenoxy) is 1. The summed E-state index contributed by atoms with van der Waals surface area (Å²) in [4.78, 5) is 16.0. The highest BCUT2D eigenvalue weighted by atomic mass is 35.5. The maximum atomic E-state index is 12.5. The predicted molar refractivity (Wildman–Crippen MR) is 85.3 cm³/mol. The Balaban J connectivity index is 1.64. The smallest absolute Gasteiger partial charge is 0.416 e. The molecule has 0 aliphatic heterocycles. The SMILES string of the molecule is O=C(OCc1nc(-c2ccccc2Cl)no1)c1ccc(C(F)(F)F)cc1. The molecule has 0 spiro atoms. The predicted octanol–water partition coefficient (Wildman–Crippen LogP) is 4.77. The summed E-state index contributed by atoms with van der Waals surface area (Å²) in [5.74, 6) is -0.549. The topological polar surface area (TPSA) is 65.2 Å². The van der Waals surface area contributed by atoms with E-state index < -0.39 is 17.7 Å². The number of alkyl halides is 3. The van der Waals surface area contributed by atoms with Crippen LogP contribution in [-0.4, -0.2) is 16.1 Å². The summed E-state index contributed by atoms with van der Waals surface area (Å²) in [7, 11) is 0. The van der Waals surface area contributed by atoms with Crippen molar-refractivity contribution in [2.45, 2.75) is 12.8 Å². The van der Waals surface area contributed by atoms with Crippen LogP contribution in [0.25, 0.3) is 11.4 Å². The van der Waals surface area contributed by atoms with Crippen LogP contribution < -0.4 is 0 Å². The number of nitrogens with zero attached hydrogens (tertiary/aromatic N) is 2. The first-order valence-corrected chi connectivity index (χ1v) is 7.64. The third kappa shape index (κ3) is 4.02. The summed E-state index contributed by atoms with van der Waals surface area (Å²) in [6.45, 7) is -0.322. The third-order valence-corrected chi connectivity index (χ3v) is 3.69. The zero-order valence-corrected chi connectivity index (χ0v) is 13.7. The Hall–Kier alpha value is -2.87. The number of halogens is 4. The molecule has 3 rings (SSSR count). The average Bonchev–Trinajstić information content (AvgIpc) is 3.08. The average molecular weight is 383 g/mol. The minimum atomic E-state index is -4.47. The lowest BCUT2D eigenvalue weighted by atomic mass is 10.1. The van der Waals surface area contributed by atoms with Gasteiger partial charge in [0.15, 0.2) is 6.61 Å². The van der Waals surface area contributed by atoms with Crippen molar-refractivity contribution >= 4 is 17.6 Å². The van der Waals surface area contributed by atoms with Gasteiger partial charge in [-0.15, -0.1) is 0 Å². The number of esters is 1. The van der Waals surface area contributed by atoms with E-state index in [1.165, 1.54) is 0 Å². The van der Waals surface area contributed by atoms with E-state index in [-0.39, 0.29) is 23.9 Å². The fourth-order valence-corrected chi connectivity index (χ4v) is 2.29. The molecule has 5 nitrogen and oxygen atoms in total. The van der Waals surface area contributed by atoms with Gasteiger partial charge in [-0.25, -0.2) is 4.79 Å². The molecule has 0 saturated carbocycles. The molecule has 134 valence electrons. The highest BCUT2D eigenvalue weighted by Crippen LogP contribution is 2.29. The molecule has 9 heteroatoms. The van der Waals surface area contributed by atoms with Crippen molar-refractivity contribution < 1.29 is 27.2 Å². The minimum Gasteiger partial charge on any atom is -0.452 e. The van der Waals surface area contributed by atoms with Crippen molar-refractivity contribution in [3.63, 3.8) is 0 Å². The third-order valence-electron chi connectivity index (χ3n) is 3.36. The highest BCUT2D eigenvalue weighted by Gasteiger charge is 2.30. The number of benzene rings is 2. The van der Waals surface area contributed by atoms with Gasteiger partial charge in [0.1, 0.15) is 0 Å². The van der Waals surface area contributed by atoms with E-state index in [1.807, 2.05) is 0 Å². The molecule has 3 aromatic rings. The molecular weight excluding hydrogens is 373 g/mol. The number of hydrogen-bond acceptors (Lipinski definition) is 5. The van der Waals surface area contributed by atoms with Crippen molar-refractivity contribution in [1.82, 2.24) is 10.1 Å². The van der Waals surface area contributed by atoms with Crippen LogP contribution in [0.4, 0.5) is 13.2 Å². The minimum absolute atomic E-state index is 0.0242. The van der Waals surface area contributed by atoms with E-state index in [4.69, 9.17) is 20.9 Å². The first-order valence-electron chi connectivity index (χ1n) is 7.26. The number of aromatic nitrogens is 2. The van der Waals surface area contributed by atoms with Crippen LogP contribution >= 0.6 is 11.6 Å². The summed E-state index contributed by atoms with van der Waals surface area (Å²) >= 11 is 6.03. The molecule has 1 heterocycles. The summed E-state index contributed by atoms with van der Waals surface area (Å²) in [6.07, 6.45) is -4.47. The van der Waals surface area contributed by atoms with Crippen LogP contribution in [0.1, 0.15) is 21.8 Å². The Labute approximate surface area is 150 Å². The zero-order valence-electron chi connectivity index (χ0n) is 13.0. The monoisotopic (exact) mass is 382 g/mol. The van der Waals surface area contributed by atoms with Crippen LogP contribution in [-0.2, 0) is 17.5 Å². The Kier molecular flexibility index (Phi) is 4.94. The molecule has 0 fully saturated rings. The van der Waals surface area contributed by atoms with Crippen LogP contribution in [0.5, 0.6) is 0 Å². The lowest BCUT2D eigenvalue weighted by Crippen LogP contribution is -2.08. The molecule has 0 N–H and O–H groups in total. The number of rotatable bonds is 4. The van der Waals surface area contributed by atoms with Gasteiger partial charge in [0.05, 0.1) is 16.1 Å². The lowest BCUT2D eigenvalue weighted by molar-refractivity contribution is -0.137. The van der Waals surface area contributed by atoms with Gasteiger partial charge >= 0.3 is 12.1 Å². The van der Waals surface area contributed by atoms with E-state index in [1.54, 1.807) is 24.3 Å². The van der Waals surface area contributed by atoms with Crippen molar-refractivity contribution in [3.05, 3.63) is 70.6 Å². The molecule has 0 unspecified atom stereocenters. The molecular formula is C17H10ClF3N2O3. The first-order chi connectivity index (χ1) is 12.3. The Morgan fingerprint density at radius 2 is 1.81 bits per heavy atom. The van der Waals surface area contributed by atoms with Gasteiger partial charge in [-0.2, -0.15) is 18.2 Å². The Bertz CT molecular complexity index is 924. The molecule has 0 bridgehead atoms. The molecule has 1 aromatic heterocycles. The van der Waals surface area contributed by atoms with Gasteiger partial charge in [0, 0.05) is 5.56 Å². The van der Waals surface area contributed by atoms with Crippen molar-refractivity contribution in [2.24, 2.45) is 0 Å². The fraction of sp³-hybridized carbons (Fsp3) is 0.118. The van der Waals surface area contributed by atoms with E-state index >= 15 is 0 Å². The number of hydrogen-bond donors (Lipinski definition) is 0. The van der Waals surface area contributed by atoms with Crippen LogP contribution in [0.2, 0.25) is 5.02 Å². The van der Waals surface area contributed by atoms with Crippen LogP contribution in [0, 0.1) is 0 Å². The second kappa shape index (κ2) is 7.17. The van der Waals surface area contributed by atoms with Gasteiger partial charge in [-0.05, 0) is 36.4 Å². The second-order valence-corrected chi connectivity index (χ2v) is 5.55. The Morgan fingerprint density at radius 1 is 1.12 bits per heavy atom. The lowest BCUT2D eigenvalue weighted by Gasteiger charge is -2.07. The van der Waals surface area contributed by atoms with Gasteiger partial charge in [0.2, 0.25) is 5.82 Å². The second-order valence-electron chi connectivity index (χ2n) is 5.14. The summed E-state index contributed by atoms with van der Waals surface area (Å²) in [5.41, 5.74) is -0.322. The zero-order chi connectivity index (χ0) is 18.7. The van der Waals surface area contributed by atoms with Gasteiger partial charge in [-0.1, -0.05) is 28.9 Å². The van der Waals surface area contributed by atoms with Gasteiger partial charge in [0.25, 0.3) is 5.89 Å². The molecule has 0 radical (unpaired) electrons. The van der Waals surface area contributed by atoms with Crippen LogP contribution in [0.3, 0.4) is 0 Å². The van der Waals surface area contributed by atoms with Crippen molar-refractivity contribution in [2.75, 3.05) is 0 Å². The summed E-state index contributed by atoms with van der Waals surface area (Å²) in [5, 5.41) is 4.18. The fourth-order valence-electron chi connectivity index (χ4n) is 2.07. The quantitative estimate of drug-likeness (QED) is 0.608. The molecule has 0 aliphatic carbocycles. The normalized spacial score (nSPS) is 11.4. The molecule has 0 saturated heterocycles. The maximum absolute atomic E-state index is 12.5. The standard InChI is InChI=1S/C17H10ClF3N2O3/c18-13-4-2-1-3-12(13)15-22-14(26-23-15)9-25-16(24)10-5-7-11(8-6-10)17(19,20)21/h1-8H,9H2. The van der Waals surface area contributed by atoms with Crippen molar-refractivity contribution in [1.29, 1.82) is 0 Å². The highest BCUT2D eigenvalue weighted by molar-refractivity contribution is 6.33. The summed E-state index contributed by atoms with van der Waals surface area (Å²) < 4.78 is 47.5. The Morgan fingerprint density at radius 3 is 2.46 bits per heavy atom. The maximum Gasteiger partial charge on any atom is 0.416 e. The molecule has 0 aliphatic rings. The van der Waals surface area contributed by atoms with Crippen molar-refractivity contribution in [3.8, 4) is 11.4 Å². The summed E-state index contributed by atoms with van der Waals surface area (Å²) in [6, 6.07) is 10.5. The number of carbonyl (C=O) groups excluding carboxylic acids is 1. The van der Waals surface area contributed by atoms with Crippen LogP contribution in [0.15, 0.2) is 53.1 Å². The van der Waals surface area contributed by atoms with E-state index in [0.29, 0.717) is 10.6 Å². The van der Waals surface area contributed by atoms with Gasteiger partial charge < -0.3 is 9.26 Å². The molecule has 26 heavy (non-hydrogen) atoms. The van der Waals surface area contributed by atoms with E-state index in [2.05, 4.69) is 10.1 Å². The van der Waals surface area contributed by atoms with E-state index in [0.717, 1.165) is 24.3 Å². The molecule has 2 aromatic carbocycles. The molecule has 0 amide bonds. The number of carbonyl (C=O) groups is 1. The first kappa shape index (κ1) is 17.9. The largest absolute Gasteiger partial charge is 0.452 e. The van der Waals surface area contributed by atoms with Gasteiger partial charge in [-0.3, -0.25) is 0 Å². The molecule has 0 atom stereocenters.